The number of rotatable bonds is 2. The van der Waals surface area contributed by atoms with Crippen molar-refractivity contribution in [1.82, 2.24) is 15.0 Å². The number of ether oxygens (including phenoxy) is 1. The number of hydrogen-bond donors (Lipinski definition) is 1. The lowest BCUT2D eigenvalue weighted by molar-refractivity contribution is -0.137. The van der Waals surface area contributed by atoms with Crippen LogP contribution in [0, 0.1) is 0 Å². The minimum Gasteiger partial charge on any atom is -0.489 e. The summed E-state index contributed by atoms with van der Waals surface area (Å²) in [6.45, 7) is 6.93. The van der Waals surface area contributed by atoms with Gasteiger partial charge in [0.05, 0.1) is 34.4 Å². The fourth-order valence-electron chi connectivity index (χ4n) is 4.09. The van der Waals surface area contributed by atoms with Crippen LogP contribution in [-0.2, 0) is 11.6 Å². The van der Waals surface area contributed by atoms with Crippen LogP contribution in [-0.4, -0.2) is 28.1 Å². The van der Waals surface area contributed by atoms with E-state index in [1.807, 2.05) is 12.1 Å². The van der Waals surface area contributed by atoms with Gasteiger partial charge in [-0.2, -0.15) is 13.2 Å². The summed E-state index contributed by atoms with van der Waals surface area (Å²) in [4.78, 5) is 13.7. The first kappa shape index (κ1) is 21.3. The van der Waals surface area contributed by atoms with Crippen LogP contribution in [0.3, 0.4) is 0 Å². The molecule has 3 heterocycles. The smallest absolute Gasteiger partial charge is 0.419 e. The van der Waals surface area contributed by atoms with Crippen LogP contribution >= 0.6 is 0 Å². The van der Waals surface area contributed by atoms with Gasteiger partial charge < -0.3 is 14.6 Å². The molecule has 0 saturated carbocycles. The zero-order valence-electron chi connectivity index (χ0n) is 18.5. The Morgan fingerprint density at radius 1 is 1.03 bits per heavy atom. The fraction of sp³-hybridized carbons (Fsp3) is 0.280. The first-order valence-electron chi connectivity index (χ1n) is 10.7. The predicted octanol–water partition coefficient (Wildman–Crippen LogP) is 6.47. The monoisotopic (exact) mass is 452 g/mol. The van der Waals surface area contributed by atoms with E-state index in [0.717, 1.165) is 17.1 Å². The lowest BCUT2D eigenvalue weighted by Gasteiger charge is -2.32. The predicted molar refractivity (Wildman–Crippen MR) is 122 cm³/mol. The van der Waals surface area contributed by atoms with E-state index >= 15 is 0 Å². The molecule has 0 radical (unpaired) electrons. The van der Waals surface area contributed by atoms with Crippen molar-refractivity contribution in [2.24, 2.45) is 0 Å². The van der Waals surface area contributed by atoms with Crippen molar-refractivity contribution in [1.29, 1.82) is 0 Å². The minimum absolute atomic E-state index is 0.00609. The van der Waals surface area contributed by atoms with Crippen LogP contribution in [0.2, 0.25) is 0 Å². The van der Waals surface area contributed by atoms with Crippen molar-refractivity contribution in [3.8, 4) is 17.1 Å². The Morgan fingerprint density at radius 3 is 2.61 bits per heavy atom. The average molecular weight is 452 g/mol. The molecule has 0 aliphatic carbocycles. The normalized spacial score (nSPS) is 14.3. The molecule has 0 fully saturated rings. The topological polar surface area (TPSA) is 54.0 Å². The lowest BCUT2D eigenvalue weighted by Crippen LogP contribution is -2.31. The molecule has 5 nitrogen and oxygen atoms in total. The molecule has 2 aromatic heterocycles. The van der Waals surface area contributed by atoms with Gasteiger partial charge in [0.2, 0.25) is 0 Å². The SMILES string of the molecule is CC(C)(C)c1ccc2nc(-c3cccc4c3OCCN4c3ncccc3C(F)(F)F)[nH]c2c1. The number of pyridine rings is 1. The summed E-state index contributed by atoms with van der Waals surface area (Å²) in [5.41, 5.74) is 3.32. The summed E-state index contributed by atoms with van der Waals surface area (Å²) in [7, 11) is 0. The molecule has 5 rings (SSSR count). The fourth-order valence-corrected chi connectivity index (χ4v) is 4.09. The van der Waals surface area contributed by atoms with Crippen molar-refractivity contribution in [2.75, 3.05) is 18.1 Å². The molecule has 4 aromatic rings. The number of H-pyrrole nitrogens is 1. The van der Waals surface area contributed by atoms with Gasteiger partial charge in [0.15, 0.2) is 5.75 Å². The summed E-state index contributed by atoms with van der Waals surface area (Å²) < 4.78 is 46.9. The Hall–Kier alpha value is -3.55. The van der Waals surface area contributed by atoms with E-state index in [4.69, 9.17) is 9.72 Å². The van der Waals surface area contributed by atoms with Crippen molar-refractivity contribution in [3.05, 3.63) is 65.9 Å². The van der Waals surface area contributed by atoms with Crippen LogP contribution in [0.25, 0.3) is 22.4 Å². The highest BCUT2D eigenvalue weighted by Crippen LogP contribution is 2.45. The minimum atomic E-state index is -4.51. The highest BCUT2D eigenvalue weighted by Gasteiger charge is 2.37. The Kier molecular flexibility index (Phi) is 4.84. The second-order valence-electron chi connectivity index (χ2n) is 9.09. The Bertz CT molecular complexity index is 1340. The number of nitrogens with zero attached hydrogens (tertiary/aromatic N) is 3. The molecule has 0 spiro atoms. The number of alkyl halides is 3. The molecule has 1 N–H and O–H groups in total. The quantitative estimate of drug-likeness (QED) is 0.379. The van der Waals surface area contributed by atoms with E-state index in [1.54, 1.807) is 17.0 Å². The highest BCUT2D eigenvalue weighted by molar-refractivity contribution is 5.85. The van der Waals surface area contributed by atoms with Gasteiger partial charge in [0.1, 0.15) is 18.2 Å². The molecule has 2 aromatic carbocycles. The van der Waals surface area contributed by atoms with Gasteiger partial charge in [0, 0.05) is 6.20 Å². The van der Waals surface area contributed by atoms with Crippen molar-refractivity contribution in [2.45, 2.75) is 32.4 Å². The molecule has 1 aliphatic rings. The zero-order valence-corrected chi connectivity index (χ0v) is 18.5. The summed E-state index contributed by atoms with van der Waals surface area (Å²) in [5, 5.41) is 0. The van der Waals surface area contributed by atoms with Gasteiger partial charge in [-0.3, -0.25) is 0 Å². The van der Waals surface area contributed by atoms with Gasteiger partial charge in [-0.05, 0) is 47.4 Å². The van der Waals surface area contributed by atoms with Gasteiger partial charge in [-0.15, -0.1) is 0 Å². The molecule has 0 amide bonds. The van der Waals surface area contributed by atoms with Gasteiger partial charge in [-0.1, -0.05) is 32.9 Å². The van der Waals surface area contributed by atoms with E-state index < -0.39 is 11.7 Å². The van der Waals surface area contributed by atoms with Gasteiger partial charge >= 0.3 is 6.18 Å². The third-order valence-electron chi connectivity index (χ3n) is 5.80. The number of imidazole rings is 1. The average Bonchev–Trinajstić information content (AvgIpc) is 3.20. The van der Waals surface area contributed by atoms with E-state index in [2.05, 4.69) is 42.9 Å². The maximum absolute atomic E-state index is 13.6. The number of nitrogens with one attached hydrogen (secondary N) is 1. The third-order valence-corrected chi connectivity index (χ3v) is 5.80. The van der Waals surface area contributed by atoms with Crippen LogP contribution in [0.5, 0.6) is 5.75 Å². The third kappa shape index (κ3) is 3.79. The second-order valence-corrected chi connectivity index (χ2v) is 9.09. The molecular formula is C25H23F3N4O. The van der Waals surface area contributed by atoms with E-state index in [1.165, 1.54) is 17.8 Å². The van der Waals surface area contributed by atoms with Gasteiger partial charge in [0.25, 0.3) is 0 Å². The summed E-state index contributed by atoms with van der Waals surface area (Å²) >= 11 is 0. The van der Waals surface area contributed by atoms with E-state index in [9.17, 15) is 13.2 Å². The summed E-state index contributed by atoms with van der Waals surface area (Å²) in [6, 6.07) is 13.9. The molecule has 8 heteroatoms. The zero-order chi connectivity index (χ0) is 23.4. The van der Waals surface area contributed by atoms with Crippen molar-refractivity contribution >= 4 is 22.5 Å². The number of anilines is 2. The van der Waals surface area contributed by atoms with Crippen LogP contribution in [0.1, 0.15) is 31.9 Å². The van der Waals surface area contributed by atoms with Crippen molar-refractivity contribution in [3.63, 3.8) is 0 Å². The van der Waals surface area contributed by atoms with E-state index in [0.29, 0.717) is 22.8 Å². The molecule has 33 heavy (non-hydrogen) atoms. The largest absolute Gasteiger partial charge is 0.489 e. The number of para-hydroxylation sites is 1. The number of fused-ring (bicyclic) bond motifs is 2. The van der Waals surface area contributed by atoms with Crippen LogP contribution in [0.4, 0.5) is 24.7 Å². The Labute approximate surface area is 189 Å². The Morgan fingerprint density at radius 2 is 1.85 bits per heavy atom. The maximum atomic E-state index is 13.6. The van der Waals surface area contributed by atoms with Crippen LogP contribution in [0.15, 0.2) is 54.7 Å². The number of aromatic nitrogens is 3. The first-order valence-corrected chi connectivity index (χ1v) is 10.7. The number of halogens is 3. The molecule has 0 bridgehead atoms. The lowest BCUT2D eigenvalue weighted by atomic mass is 9.87. The van der Waals surface area contributed by atoms with Gasteiger partial charge in [-0.25, -0.2) is 9.97 Å². The molecule has 1 aliphatic heterocycles. The highest BCUT2D eigenvalue weighted by atomic mass is 19.4. The summed E-state index contributed by atoms with van der Waals surface area (Å²) in [5.74, 6) is 0.954. The van der Waals surface area contributed by atoms with Crippen molar-refractivity contribution < 1.29 is 17.9 Å². The number of hydrogen-bond acceptors (Lipinski definition) is 4. The van der Waals surface area contributed by atoms with E-state index in [-0.39, 0.29) is 24.4 Å². The Balaban J connectivity index is 1.62. The second kappa shape index (κ2) is 7.50. The molecule has 0 unspecified atom stereocenters. The molecule has 0 atom stereocenters. The standard InChI is InChI=1S/C25H23F3N4O/c1-24(2,3)15-9-10-18-19(14-15)31-22(30-18)16-6-4-8-20-21(16)33-13-12-32(20)23-17(25(26,27)28)7-5-11-29-23/h4-11,14H,12-13H2,1-3H3,(H,30,31). The summed E-state index contributed by atoms with van der Waals surface area (Å²) in [6.07, 6.45) is -3.14. The number of aromatic amines is 1. The molecule has 170 valence electrons. The number of benzene rings is 2. The van der Waals surface area contributed by atoms with Crippen LogP contribution < -0.4 is 9.64 Å². The molecular weight excluding hydrogens is 429 g/mol. The molecule has 0 saturated heterocycles. The maximum Gasteiger partial charge on any atom is 0.419 e. The first-order chi connectivity index (χ1) is 15.6.